The molecule has 2 fully saturated rings. The van der Waals surface area contributed by atoms with E-state index in [4.69, 9.17) is 4.74 Å². The first-order valence-corrected chi connectivity index (χ1v) is 11.2. The lowest BCUT2D eigenvalue weighted by Gasteiger charge is -2.47. The Morgan fingerprint density at radius 1 is 1.23 bits per heavy atom. The fourth-order valence-electron chi connectivity index (χ4n) is 4.78. The van der Waals surface area contributed by atoms with Crippen LogP contribution in [0.1, 0.15) is 43.7 Å². The zero-order chi connectivity index (χ0) is 21.7. The Morgan fingerprint density at radius 3 is 2.71 bits per heavy atom. The molecular formula is C24H32N4O3. The van der Waals surface area contributed by atoms with Gasteiger partial charge in [-0.3, -0.25) is 14.7 Å². The number of rotatable bonds is 7. The minimum atomic E-state index is -0.362. The maximum absolute atomic E-state index is 12.6. The highest BCUT2D eigenvalue weighted by atomic mass is 16.5. The average molecular weight is 425 g/mol. The van der Waals surface area contributed by atoms with Crippen molar-refractivity contribution in [2.45, 2.75) is 51.2 Å². The summed E-state index contributed by atoms with van der Waals surface area (Å²) in [6.45, 7) is 5.01. The third kappa shape index (κ3) is 5.34. The lowest BCUT2D eigenvalue weighted by atomic mass is 9.80. The van der Waals surface area contributed by atoms with E-state index in [-0.39, 0.29) is 24.0 Å². The molecule has 0 spiro atoms. The van der Waals surface area contributed by atoms with Crippen LogP contribution in [0.4, 0.5) is 0 Å². The molecule has 7 heteroatoms. The molecule has 1 aromatic heterocycles. The molecule has 166 valence electrons. The number of amides is 2. The van der Waals surface area contributed by atoms with E-state index >= 15 is 0 Å². The molecule has 0 radical (unpaired) electrons. The Morgan fingerprint density at radius 2 is 2.00 bits per heavy atom. The highest BCUT2D eigenvalue weighted by molar-refractivity contribution is 5.78. The minimum absolute atomic E-state index is 0.0477. The van der Waals surface area contributed by atoms with Crippen molar-refractivity contribution < 1.29 is 14.3 Å². The van der Waals surface area contributed by atoms with Crippen molar-refractivity contribution in [3.63, 3.8) is 0 Å². The summed E-state index contributed by atoms with van der Waals surface area (Å²) in [4.78, 5) is 29.0. The van der Waals surface area contributed by atoms with E-state index < -0.39 is 0 Å². The van der Waals surface area contributed by atoms with Gasteiger partial charge in [0.05, 0.1) is 18.3 Å². The molecule has 3 heterocycles. The predicted octanol–water partition coefficient (Wildman–Crippen LogP) is 2.79. The molecule has 1 atom stereocenters. The molecule has 1 unspecified atom stereocenters. The second-order valence-electron chi connectivity index (χ2n) is 8.95. The van der Waals surface area contributed by atoms with Crippen LogP contribution in [-0.4, -0.2) is 63.7 Å². The number of nitrogens with one attached hydrogen (secondary N) is 1. The van der Waals surface area contributed by atoms with E-state index in [0.29, 0.717) is 25.4 Å². The number of H-pyrrole nitrogens is 1. The number of ether oxygens (including phenoxy) is 1. The molecule has 7 nitrogen and oxygen atoms in total. The molecule has 0 bridgehead atoms. The SMILES string of the molecule is CC1(C2CCN(C(=O)CCCc3cn[nH]c3)CC2)CN(Cc2ccccc2)C(=O)CO1. The molecule has 0 saturated carbocycles. The smallest absolute Gasteiger partial charge is 0.248 e. The van der Waals surface area contributed by atoms with Crippen LogP contribution in [0, 0.1) is 5.92 Å². The number of morpholine rings is 1. The number of aromatic nitrogens is 2. The van der Waals surface area contributed by atoms with Crippen molar-refractivity contribution in [3.05, 3.63) is 53.9 Å². The first-order valence-electron chi connectivity index (χ1n) is 11.2. The Balaban J connectivity index is 1.27. The van der Waals surface area contributed by atoms with Crippen molar-refractivity contribution in [1.29, 1.82) is 0 Å². The van der Waals surface area contributed by atoms with Crippen molar-refractivity contribution >= 4 is 11.8 Å². The van der Waals surface area contributed by atoms with Gasteiger partial charge in [-0.1, -0.05) is 30.3 Å². The van der Waals surface area contributed by atoms with Gasteiger partial charge in [0.15, 0.2) is 0 Å². The second-order valence-corrected chi connectivity index (χ2v) is 8.95. The third-order valence-corrected chi connectivity index (χ3v) is 6.72. The highest BCUT2D eigenvalue weighted by Crippen LogP contribution is 2.35. The van der Waals surface area contributed by atoms with Crippen molar-refractivity contribution in [2.75, 3.05) is 26.2 Å². The standard InChI is InChI=1S/C24H32N4O3/c1-24(18-28(23(30)17-31-24)16-19-6-3-2-4-7-19)21-10-12-27(13-11-21)22(29)9-5-8-20-14-25-26-15-20/h2-4,6-7,14-15,21H,5,8-13,16-18H2,1H3,(H,25,26). The largest absolute Gasteiger partial charge is 0.363 e. The first kappa shape index (κ1) is 21.6. The number of likely N-dealkylation sites (tertiary alicyclic amines) is 1. The molecule has 2 aromatic rings. The molecule has 31 heavy (non-hydrogen) atoms. The van der Waals surface area contributed by atoms with Crippen molar-refractivity contribution in [1.82, 2.24) is 20.0 Å². The molecular weight excluding hydrogens is 392 g/mol. The average Bonchev–Trinajstić information content (AvgIpc) is 3.31. The van der Waals surface area contributed by atoms with Crippen LogP contribution < -0.4 is 0 Å². The summed E-state index contributed by atoms with van der Waals surface area (Å²) >= 11 is 0. The summed E-state index contributed by atoms with van der Waals surface area (Å²) in [7, 11) is 0. The summed E-state index contributed by atoms with van der Waals surface area (Å²) in [5.41, 5.74) is 1.92. The summed E-state index contributed by atoms with van der Waals surface area (Å²) < 4.78 is 6.08. The predicted molar refractivity (Wildman–Crippen MR) is 117 cm³/mol. The molecule has 0 aliphatic carbocycles. The van der Waals surface area contributed by atoms with Crippen LogP contribution in [0.3, 0.4) is 0 Å². The van der Waals surface area contributed by atoms with Crippen molar-refractivity contribution in [2.24, 2.45) is 5.92 Å². The van der Waals surface area contributed by atoms with Crippen LogP contribution in [0.25, 0.3) is 0 Å². The summed E-state index contributed by atoms with van der Waals surface area (Å²) in [5, 5.41) is 6.75. The number of aromatic amines is 1. The number of carbonyl (C=O) groups excluding carboxylic acids is 2. The van der Waals surface area contributed by atoms with Gasteiger partial charge in [0.2, 0.25) is 11.8 Å². The molecule has 1 N–H and O–H groups in total. The van der Waals surface area contributed by atoms with Gasteiger partial charge in [-0.2, -0.15) is 5.10 Å². The van der Waals surface area contributed by atoms with Gasteiger partial charge >= 0.3 is 0 Å². The van der Waals surface area contributed by atoms with Gasteiger partial charge in [0.1, 0.15) is 6.61 Å². The zero-order valence-corrected chi connectivity index (χ0v) is 18.3. The lowest BCUT2D eigenvalue weighted by molar-refractivity contribution is -0.174. The van der Waals surface area contributed by atoms with Gasteiger partial charge in [-0.15, -0.1) is 0 Å². The van der Waals surface area contributed by atoms with Crippen molar-refractivity contribution in [3.8, 4) is 0 Å². The number of piperidine rings is 1. The molecule has 2 amide bonds. The molecule has 4 rings (SSSR count). The molecule has 2 aliphatic heterocycles. The van der Waals surface area contributed by atoms with Gasteiger partial charge in [-0.25, -0.2) is 0 Å². The Kier molecular flexibility index (Phi) is 6.70. The molecule has 2 saturated heterocycles. The van der Waals surface area contributed by atoms with Crippen LogP contribution in [0.15, 0.2) is 42.7 Å². The van der Waals surface area contributed by atoms with Crippen LogP contribution in [-0.2, 0) is 27.3 Å². The van der Waals surface area contributed by atoms with E-state index in [1.165, 1.54) is 0 Å². The third-order valence-electron chi connectivity index (χ3n) is 6.72. The van der Waals surface area contributed by atoms with E-state index in [9.17, 15) is 9.59 Å². The summed E-state index contributed by atoms with van der Waals surface area (Å²) in [6, 6.07) is 10.1. The van der Waals surface area contributed by atoms with Crippen LogP contribution in [0.2, 0.25) is 0 Å². The van der Waals surface area contributed by atoms with Crippen LogP contribution >= 0.6 is 0 Å². The van der Waals surface area contributed by atoms with E-state index in [2.05, 4.69) is 29.3 Å². The fourth-order valence-corrected chi connectivity index (χ4v) is 4.78. The summed E-state index contributed by atoms with van der Waals surface area (Å²) in [5.74, 6) is 0.623. The topological polar surface area (TPSA) is 78.5 Å². The quantitative estimate of drug-likeness (QED) is 0.741. The number of benzene rings is 1. The number of hydrogen-bond donors (Lipinski definition) is 1. The van der Waals surface area contributed by atoms with E-state index in [0.717, 1.165) is 49.9 Å². The summed E-state index contributed by atoms with van der Waals surface area (Å²) in [6.07, 6.45) is 7.81. The minimum Gasteiger partial charge on any atom is -0.363 e. The zero-order valence-electron chi connectivity index (χ0n) is 18.3. The van der Waals surface area contributed by atoms with Crippen LogP contribution in [0.5, 0.6) is 0 Å². The number of aryl methyl sites for hydroxylation is 1. The maximum atomic E-state index is 12.6. The normalized spacial score (nSPS) is 22.7. The van der Waals surface area contributed by atoms with Gasteiger partial charge in [0.25, 0.3) is 0 Å². The Labute approximate surface area is 183 Å². The number of carbonyl (C=O) groups is 2. The number of nitrogens with zero attached hydrogens (tertiary/aromatic N) is 3. The van der Waals surface area contributed by atoms with E-state index in [1.807, 2.05) is 40.4 Å². The lowest BCUT2D eigenvalue weighted by Crippen LogP contribution is -2.58. The van der Waals surface area contributed by atoms with Gasteiger partial charge in [0, 0.05) is 32.3 Å². The second kappa shape index (κ2) is 9.64. The van der Waals surface area contributed by atoms with Gasteiger partial charge in [-0.05, 0) is 49.7 Å². The monoisotopic (exact) mass is 424 g/mol. The molecule has 2 aliphatic rings. The highest BCUT2D eigenvalue weighted by Gasteiger charge is 2.43. The Bertz CT molecular complexity index is 862. The molecule has 1 aromatic carbocycles. The van der Waals surface area contributed by atoms with Gasteiger partial charge < -0.3 is 14.5 Å². The first-order chi connectivity index (χ1) is 15.0. The maximum Gasteiger partial charge on any atom is 0.248 e. The fraction of sp³-hybridized carbons (Fsp3) is 0.542. The van der Waals surface area contributed by atoms with E-state index in [1.54, 1.807) is 0 Å². The number of hydrogen-bond acceptors (Lipinski definition) is 4. The Hall–Kier alpha value is -2.67.